The molecule has 3 nitrogen and oxygen atoms in total. The van der Waals surface area contributed by atoms with Crippen LogP contribution in [0, 0.1) is 5.92 Å². The molecule has 0 aromatic carbocycles. The second-order valence-electron chi connectivity index (χ2n) is 4.58. The van der Waals surface area contributed by atoms with E-state index in [1.54, 1.807) is 14.0 Å². The highest BCUT2D eigenvalue weighted by molar-refractivity contribution is 7.99. The Morgan fingerprint density at radius 1 is 1.56 bits per heavy atom. The molecule has 0 radical (unpaired) electrons. The fourth-order valence-corrected chi connectivity index (χ4v) is 2.42. The minimum absolute atomic E-state index is 0.687. The summed E-state index contributed by atoms with van der Waals surface area (Å²) in [7, 11) is 1.71. The van der Waals surface area contributed by atoms with Crippen LogP contribution in [0.5, 0.6) is 0 Å². The van der Waals surface area contributed by atoms with Crippen LogP contribution in [0.2, 0.25) is 0 Å². The van der Waals surface area contributed by atoms with Gasteiger partial charge in [-0.05, 0) is 44.2 Å². The normalized spacial score (nSPS) is 16.8. The molecule has 96 valence electrons. The Morgan fingerprint density at radius 2 is 2.19 bits per heavy atom. The van der Waals surface area contributed by atoms with Gasteiger partial charge in [-0.3, -0.25) is 4.79 Å². The second-order valence-corrected chi connectivity index (χ2v) is 5.73. The van der Waals surface area contributed by atoms with Crippen molar-refractivity contribution in [2.45, 2.75) is 45.6 Å². The van der Waals surface area contributed by atoms with Gasteiger partial charge in [-0.25, -0.2) is 0 Å². The van der Waals surface area contributed by atoms with Crippen molar-refractivity contribution in [2.75, 3.05) is 18.6 Å². The first kappa shape index (κ1) is 15.8. The van der Waals surface area contributed by atoms with Gasteiger partial charge in [0.15, 0.2) is 0 Å². The SMILES string of the molecule is CCC(C)CSCCCC(C)(NC)C(=O)O. The van der Waals surface area contributed by atoms with Crippen LogP contribution in [0.3, 0.4) is 0 Å². The summed E-state index contributed by atoms with van der Waals surface area (Å²) in [4.78, 5) is 11.0. The lowest BCUT2D eigenvalue weighted by Gasteiger charge is -2.23. The lowest BCUT2D eigenvalue weighted by molar-refractivity contribution is -0.144. The number of hydrogen-bond acceptors (Lipinski definition) is 3. The van der Waals surface area contributed by atoms with Crippen LogP contribution in [0.15, 0.2) is 0 Å². The van der Waals surface area contributed by atoms with Crippen LogP contribution in [-0.4, -0.2) is 35.2 Å². The molecule has 2 N–H and O–H groups in total. The van der Waals surface area contributed by atoms with E-state index in [2.05, 4.69) is 19.2 Å². The van der Waals surface area contributed by atoms with E-state index in [9.17, 15) is 4.79 Å². The topological polar surface area (TPSA) is 49.3 Å². The number of rotatable bonds is 9. The van der Waals surface area contributed by atoms with E-state index in [0.29, 0.717) is 6.42 Å². The Hall–Kier alpha value is -0.220. The summed E-state index contributed by atoms with van der Waals surface area (Å²) in [5, 5.41) is 11.9. The highest BCUT2D eigenvalue weighted by atomic mass is 32.2. The Kier molecular flexibility index (Phi) is 7.85. The summed E-state index contributed by atoms with van der Waals surface area (Å²) in [5.41, 5.74) is -0.767. The van der Waals surface area contributed by atoms with E-state index in [1.807, 2.05) is 11.8 Å². The van der Waals surface area contributed by atoms with Crippen LogP contribution in [0.25, 0.3) is 0 Å². The molecule has 0 bridgehead atoms. The molecule has 0 aliphatic heterocycles. The molecule has 0 aromatic heterocycles. The molecule has 16 heavy (non-hydrogen) atoms. The number of nitrogens with one attached hydrogen (secondary N) is 1. The van der Waals surface area contributed by atoms with Gasteiger partial charge in [0.2, 0.25) is 0 Å². The molecule has 4 heteroatoms. The Balaban J connectivity index is 3.68. The van der Waals surface area contributed by atoms with Crippen LogP contribution < -0.4 is 5.32 Å². The first-order chi connectivity index (χ1) is 7.46. The van der Waals surface area contributed by atoms with Gasteiger partial charge in [-0.2, -0.15) is 11.8 Å². The third-order valence-corrected chi connectivity index (χ3v) is 4.47. The molecule has 2 unspecified atom stereocenters. The monoisotopic (exact) mass is 247 g/mol. The minimum Gasteiger partial charge on any atom is -0.480 e. The number of carboxylic acids is 1. The average Bonchev–Trinajstić information content (AvgIpc) is 2.27. The number of carboxylic acid groups (broad SMARTS) is 1. The number of thioether (sulfide) groups is 1. The maximum absolute atomic E-state index is 11.0. The summed E-state index contributed by atoms with van der Waals surface area (Å²) in [5.74, 6) is 2.23. The number of hydrogen-bond donors (Lipinski definition) is 2. The van der Waals surface area contributed by atoms with Crippen LogP contribution >= 0.6 is 11.8 Å². The molecule has 0 saturated carbocycles. The fourth-order valence-electron chi connectivity index (χ4n) is 1.27. The van der Waals surface area contributed by atoms with Gasteiger partial charge in [-0.1, -0.05) is 20.3 Å². The largest absolute Gasteiger partial charge is 0.480 e. The van der Waals surface area contributed by atoms with Crippen molar-refractivity contribution in [1.29, 1.82) is 0 Å². The first-order valence-electron chi connectivity index (χ1n) is 5.96. The van der Waals surface area contributed by atoms with Gasteiger partial charge in [0.25, 0.3) is 0 Å². The third kappa shape index (κ3) is 5.75. The zero-order valence-electron chi connectivity index (χ0n) is 10.9. The van der Waals surface area contributed by atoms with Gasteiger partial charge >= 0.3 is 5.97 Å². The standard InChI is InChI=1S/C12H25NO2S/c1-5-10(2)9-16-8-6-7-12(3,13-4)11(14)15/h10,13H,5-9H2,1-4H3,(H,14,15). The smallest absolute Gasteiger partial charge is 0.323 e. The Labute approximate surface area is 103 Å². The predicted octanol–water partition coefficient (Wildman–Crippen LogP) is 2.61. The van der Waals surface area contributed by atoms with Crippen molar-refractivity contribution < 1.29 is 9.90 Å². The van der Waals surface area contributed by atoms with Crippen molar-refractivity contribution in [3.05, 3.63) is 0 Å². The van der Waals surface area contributed by atoms with Crippen molar-refractivity contribution in [3.63, 3.8) is 0 Å². The number of aliphatic carboxylic acids is 1. The average molecular weight is 247 g/mol. The van der Waals surface area contributed by atoms with Crippen molar-refractivity contribution in [2.24, 2.45) is 5.92 Å². The van der Waals surface area contributed by atoms with Gasteiger partial charge in [0, 0.05) is 0 Å². The number of likely N-dealkylation sites (N-methyl/N-ethyl adjacent to an activating group) is 1. The summed E-state index contributed by atoms with van der Waals surface area (Å²) >= 11 is 1.93. The van der Waals surface area contributed by atoms with E-state index < -0.39 is 11.5 Å². The van der Waals surface area contributed by atoms with Crippen LogP contribution in [0.4, 0.5) is 0 Å². The van der Waals surface area contributed by atoms with E-state index in [0.717, 1.165) is 18.1 Å². The zero-order chi connectivity index (χ0) is 12.6. The lowest BCUT2D eigenvalue weighted by atomic mass is 9.97. The predicted molar refractivity (Wildman–Crippen MR) is 71.1 cm³/mol. The van der Waals surface area contributed by atoms with E-state index in [4.69, 9.17) is 5.11 Å². The van der Waals surface area contributed by atoms with Gasteiger partial charge in [-0.15, -0.1) is 0 Å². The molecule has 0 aromatic rings. The quantitative estimate of drug-likeness (QED) is 0.615. The molecule has 0 aliphatic rings. The summed E-state index contributed by atoms with van der Waals surface area (Å²) in [6.07, 6.45) is 2.85. The molecule has 0 aliphatic carbocycles. The highest BCUT2D eigenvalue weighted by Crippen LogP contribution is 2.17. The molecule has 0 fully saturated rings. The van der Waals surface area contributed by atoms with E-state index >= 15 is 0 Å². The van der Waals surface area contributed by atoms with Crippen molar-refractivity contribution in [3.8, 4) is 0 Å². The Bertz CT molecular complexity index is 211. The second kappa shape index (κ2) is 7.96. The zero-order valence-corrected chi connectivity index (χ0v) is 11.7. The molecular formula is C12H25NO2S. The van der Waals surface area contributed by atoms with Gasteiger partial charge < -0.3 is 10.4 Å². The third-order valence-electron chi connectivity index (χ3n) is 3.09. The van der Waals surface area contributed by atoms with E-state index in [-0.39, 0.29) is 0 Å². The van der Waals surface area contributed by atoms with E-state index in [1.165, 1.54) is 12.2 Å². The van der Waals surface area contributed by atoms with Crippen molar-refractivity contribution in [1.82, 2.24) is 5.32 Å². The van der Waals surface area contributed by atoms with Gasteiger partial charge in [0.1, 0.15) is 5.54 Å². The maximum atomic E-state index is 11.0. The molecular weight excluding hydrogens is 222 g/mol. The van der Waals surface area contributed by atoms with Crippen molar-refractivity contribution >= 4 is 17.7 Å². The Morgan fingerprint density at radius 3 is 2.62 bits per heavy atom. The molecule has 0 rings (SSSR count). The molecule has 2 atom stereocenters. The molecule has 0 saturated heterocycles. The molecule has 0 spiro atoms. The first-order valence-corrected chi connectivity index (χ1v) is 7.11. The van der Waals surface area contributed by atoms with Gasteiger partial charge in [0.05, 0.1) is 0 Å². The summed E-state index contributed by atoms with van der Waals surface area (Å²) < 4.78 is 0. The maximum Gasteiger partial charge on any atom is 0.323 e. The summed E-state index contributed by atoms with van der Waals surface area (Å²) in [6.45, 7) is 6.20. The lowest BCUT2D eigenvalue weighted by Crippen LogP contribution is -2.47. The molecule has 0 heterocycles. The van der Waals surface area contributed by atoms with Crippen LogP contribution in [0.1, 0.15) is 40.0 Å². The van der Waals surface area contributed by atoms with Crippen LogP contribution in [-0.2, 0) is 4.79 Å². The molecule has 0 amide bonds. The fraction of sp³-hybridized carbons (Fsp3) is 0.917. The summed E-state index contributed by atoms with van der Waals surface area (Å²) in [6, 6.07) is 0. The number of carbonyl (C=O) groups is 1. The highest BCUT2D eigenvalue weighted by Gasteiger charge is 2.29. The minimum atomic E-state index is -0.767.